The van der Waals surface area contributed by atoms with Crippen molar-refractivity contribution in [3.8, 4) is 11.8 Å². The fraction of sp³-hybridized carbons (Fsp3) is 0.429. The number of rotatable bonds is 5. The number of aliphatic hydroxyl groups excluding tert-OH is 1. The van der Waals surface area contributed by atoms with Crippen LogP contribution in [0, 0.1) is 23.6 Å². The van der Waals surface area contributed by atoms with E-state index in [4.69, 9.17) is 5.11 Å². The lowest BCUT2D eigenvalue weighted by atomic mass is 10.2. The van der Waals surface area contributed by atoms with Gasteiger partial charge >= 0.3 is 0 Å². The van der Waals surface area contributed by atoms with E-state index in [1.54, 1.807) is 13.8 Å². The van der Waals surface area contributed by atoms with Crippen molar-refractivity contribution in [3.63, 3.8) is 0 Å². The van der Waals surface area contributed by atoms with Gasteiger partial charge in [-0.05, 0) is 24.1 Å². The first-order valence-corrected chi connectivity index (χ1v) is 7.89. The number of halogens is 1. The molecule has 1 aromatic rings. The van der Waals surface area contributed by atoms with Gasteiger partial charge in [0.2, 0.25) is 10.0 Å². The fourth-order valence-corrected chi connectivity index (χ4v) is 3.00. The Morgan fingerprint density at radius 2 is 2.10 bits per heavy atom. The molecule has 0 heterocycles. The molecule has 0 amide bonds. The number of benzene rings is 1. The van der Waals surface area contributed by atoms with Crippen molar-refractivity contribution in [1.82, 2.24) is 0 Å². The molecular formula is C14H18FNO3S. The molecule has 0 saturated carbocycles. The highest BCUT2D eigenvalue weighted by molar-refractivity contribution is 7.92. The molecule has 0 saturated heterocycles. The summed E-state index contributed by atoms with van der Waals surface area (Å²) in [6.07, 6.45) is 0.266. The average Bonchev–Trinajstić information content (AvgIpc) is 2.29. The molecule has 2 N–H and O–H groups in total. The molecule has 0 unspecified atom stereocenters. The van der Waals surface area contributed by atoms with Crippen LogP contribution in [0.4, 0.5) is 10.1 Å². The molecule has 4 nitrogen and oxygen atoms in total. The van der Waals surface area contributed by atoms with E-state index in [1.165, 1.54) is 12.1 Å². The van der Waals surface area contributed by atoms with Gasteiger partial charge < -0.3 is 5.11 Å². The molecule has 0 atom stereocenters. The van der Waals surface area contributed by atoms with E-state index in [0.29, 0.717) is 0 Å². The van der Waals surface area contributed by atoms with E-state index < -0.39 is 15.8 Å². The van der Waals surface area contributed by atoms with Crippen molar-refractivity contribution in [2.75, 3.05) is 17.1 Å². The van der Waals surface area contributed by atoms with Crippen LogP contribution in [-0.4, -0.2) is 25.9 Å². The van der Waals surface area contributed by atoms with Crippen LogP contribution in [0.5, 0.6) is 0 Å². The summed E-state index contributed by atoms with van der Waals surface area (Å²) in [6, 6.07) is 3.97. The second-order valence-electron chi connectivity index (χ2n) is 4.75. The maximum absolute atomic E-state index is 13.7. The second kappa shape index (κ2) is 7.27. The first kappa shape index (κ1) is 16.5. The average molecular weight is 299 g/mol. The van der Waals surface area contributed by atoms with E-state index >= 15 is 0 Å². The summed E-state index contributed by atoms with van der Waals surface area (Å²) >= 11 is 0. The molecule has 0 radical (unpaired) electrons. The van der Waals surface area contributed by atoms with Crippen LogP contribution in [0.1, 0.15) is 25.8 Å². The molecule has 1 aromatic carbocycles. The predicted molar refractivity (Wildman–Crippen MR) is 77.2 cm³/mol. The quantitative estimate of drug-likeness (QED) is 0.817. The monoisotopic (exact) mass is 299 g/mol. The maximum atomic E-state index is 13.7. The molecule has 110 valence electrons. The van der Waals surface area contributed by atoms with Gasteiger partial charge in [0.15, 0.2) is 0 Å². The van der Waals surface area contributed by atoms with Gasteiger partial charge in [-0.2, -0.15) is 0 Å². The molecule has 1 rings (SSSR count). The van der Waals surface area contributed by atoms with Crippen molar-refractivity contribution >= 4 is 15.7 Å². The van der Waals surface area contributed by atoms with Crippen molar-refractivity contribution in [3.05, 3.63) is 29.6 Å². The van der Waals surface area contributed by atoms with Gasteiger partial charge in [-0.1, -0.05) is 25.7 Å². The Kier molecular flexibility index (Phi) is 5.99. The third-order valence-electron chi connectivity index (χ3n) is 2.26. The molecule has 20 heavy (non-hydrogen) atoms. The predicted octanol–water partition coefficient (Wildman–Crippen LogP) is 1.96. The largest absolute Gasteiger partial charge is 0.395 e. The van der Waals surface area contributed by atoms with Crippen LogP contribution in [0.3, 0.4) is 0 Å². The van der Waals surface area contributed by atoms with E-state index in [9.17, 15) is 12.8 Å². The lowest BCUT2D eigenvalue weighted by molar-refractivity contribution is 0.305. The Hall–Kier alpha value is -1.58. The van der Waals surface area contributed by atoms with Gasteiger partial charge in [0.25, 0.3) is 0 Å². The number of hydrogen-bond acceptors (Lipinski definition) is 3. The number of anilines is 1. The molecule has 0 aliphatic heterocycles. The summed E-state index contributed by atoms with van der Waals surface area (Å²) in [5.74, 6) is 4.55. The zero-order valence-corrected chi connectivity index (χ0v) is 12.3. The minimum Gasteiger partial charge on any atom is -0.395 e. The molecular weight excluding hydrogens is 281 g/mol. The smallest absolute Gasteiger partial charge is 0.232 e. The number of sulfonamides is 1. The standard InChI is InChI=1S/C14H18FNO3S/c1-11(2)10-20(18,19)16-13-7-6-12(14(15)9-13)5-3-4-8-17/h6-7,9,11,16-17H,4,8,10H2,1-2H3. The highest BCUT2D eigenvalue weighted by atomic mass is 32.2. The molecule has 0 aliphatic rings. The topological polar surface area (TPSA) is 66.4 Å². The van der Waals surface area contributed by atoms with Gasteiger partial charge in [0.1, 0.15) is 5.82 Å². The minimum atomic E-state index is -3.47. The van der Waals surface area contributed by atoms with E-state index in [0.717, 1.165) is 6.07 Å². The first-order chi connectivity index (χ1) is 9.34. The van der Waals surface area contributed by atoms with Gasteiger partial charge in [-0.3, -0.25) is 4.72 Å². The molecule has 0 fully saturated rings. The highest BCUT2D eigenvalue weighted by Gasteiger charge is 2.13. The van der Waals surface area contributed by atoms with E-state index in [2.05, 4.69) is 16.6 Å². The minimum absolute atomic E-state index is 0.0130. The summed E-state index contributed by atoms with van der Waals surface area (Å²) in [4.78, 5) is 0. The second-order valence-corrected chi connectivity index (χ2v) is 6.51. The zero-order chi connectivity index (χ0) is 15.2. The molecule has 0 bridgehead atoms. The summed E-state index contributed by atoms with van der Waals surface area (Å²) in [6.45, 7) is 3.50. The fourth-order valence-electron chi connectivity index (χ4n) is 1.55. The SMILES string of the molecule is CC(C)CS(=O)(=O)Nc1ccc(C#CCCO)c(F)c1. The van der Waals surface area contributed by atoms with E-state index in [-0.39, 0.29) is 35.9 Å². The van der Waals surface area contributed by atoms with Gasteiger partial charge in [-0.25, -0.2) is 12.8 Å². The van der Waals surface area contributed by atoms with E-state index in [1.807, 2.05) is 0 Å². The van der Waals surface area contributed by atoms with Gasteiger partial charge in [-0.15, -0.1) is 0 Å². The Bertz CT molecular complexity index is 615. The Balaban J connectivity index is 2.86. The molecule has 0 aromatic heterocycles. The van der Waals surface area contributed by atoms with Crippen molar-refractivity contribution < 1.29 is 17.9 Å². The van der Waals surface area contributed by atoms with Crippen LogP contribution in [0.15, 0.2) is 18.2 Å². The third kappa shape index (κ3) is 5.59. The first-order valence-electron chi connectivity index (χ1n) is 6.24. The van der Waals surface area contributed by atoms with Crippen LogP contribution >= 0.6 is 0 Å². The Morgan fingerprint density at radius 1 is 1.40 bits per heavy atom. The lowest BCUT2D eigenvalue weighted by Crippen LogP contribution is -2.20. The van der Waals surface area contributed by atoms with Crippen LogP contribution < -0.4 is 4.72 Å². The normalized spacial score (nSPS) is 11.1. The molecule has 6 heteroatoms. The van der Waals surface area contributed by atoms with Crippen molar-refractivity contribution in [1.29, 1.82) is 0 Å². The summed E-state index contributed by atoms with van der Waals surface area (Å²) < 4.78 is 39.5. The summed E-state index contributed by atoms with van der Waals surface area (Å²) in [5, 5.41) is 8.58. The number of nitrogens with one attached hydrogen (secondary N) is 1. The summed E-state index contributed by atoms with van der Waals surface area (Å²) in [5.41, 5.74) is 0.348. The third-order valence-corrected chi connectivity index (χ3v) is 3.91. The van der Waals surface area contributed by atoms with Crippen molar-refractivity contribution in [2.45, 2.75) is 20.3 Å². The van der Waals surface area contributed by atoms with Gasteiger partial charge in [0, 0.05) is 6.42 Å². The molecule has 0 spiro atoms. The molecule has 0 aliphatic carbocycles. The Morgan fingerprint density at radius 3 is 2.65 bits per heavy atom. The number of aliphatic hydroxyl groups is 1. The van der Waals surface area contributed by atoms with Crippen LogP contribution in [0.25, 0.3) is 0 Å². The number of hydrogen-bond donors (Lipinski definition) is 2. The van der Waals surface area contributed by atoms with Crippen molar-refractivity contribution in [2.24, 2.45) is 5.92 Å². The van der Waals surface area contributed by atoms with Crippen LogP contribution in [0.2, 0.25) is 0 Å². The van der Waals surface area contributed by atoms with Gasteiger partial charge in [0.05, 0.1) is 23.6 Å². The maximum Gasteiger partial charge on any atom is 0.232 e. The van der Waals surface area contributed by atoms with Crippen LogP contribution in [-0.2, 0) is 10.0 Å². The Labute approximate surface area is 119 Å². The summed E-state index contributed by atoms with van der Waals surface area (Å²) in [7, 11) is -3.47. The lowest BCUT2D eigenvalue weighted by Gasteiger charge is -2.10. The zero-order valence-electron chi connectivity index (χ0n) is 11.5. The highest BCUT2D eigenvalue weighted by Crippen LogP contribution is 2.16.